The first kappa shape index (κ1) is 22.2. The molecule has 3 N–H and O–H groups in total. The summed E-state index contributed by atoms with van der Waals surface area (Å²) in [6, 6.07) is 2.39. The molecule has 1 aromatic heterocycles. The highest BCUT2D eigenvalue weighted by atomic mass is 16.5. The highest BCUT2D eigenvalue weighted by Crippen LogP contribution is 2.66. The van der Waals surface area contributed by atoms with Crippen molar-refractivity contribution in [1.82, 2.24) is 9.78 Å². The molecule has 1 unspecified atom stereocenters. The van der Waals surface area contributed by atoms with Crippen LogP contribution in [-0.2, 0) is 4.74 Å². The highest BCUT2D eigenvalue weighted by Gasteiger charge is 2.58. The van der Waals surface area contributed by atoms with Crippen LogP contribution in [0.5, 0.6) is 0 Å². The van der Waals surface area contributed by atoms with Crippen molar-refractivity contribution in [2.24, 2.45) is 40.9 Å². The Balaban J connectivity index is 1.33. The molecule has 0 saturated heterocycles. The Morgan fingerprint density at radius 1 is 1.22 bits per heavy atom. The van der Waals surface area contributed by atoms with Crippen LogP contribution in [-0.4, -0.2) is 34.2 Å². The Kier molecular flexibility index (Phi) is 5.57. The molecule has 5 rings (SSSR count). The Hall–Kier alpha value is -1.58. The number of hydrogen-bond donors (Lipinski definition) is 2. The smallest absolute Gasteiger partial charge is 0.140 e. The van der Waals surface area contributed by atoms with E-state index in [2.05, 4.69) is 25.0 Å². The molecule has 0 aromatic carbocycles. The van der Waals surface area contributed by atoms with Gasteiger partial charge in [0.2, 0.25) is 0 Å². The molecule has 4 fully saturated rings. The second-order valence-electron chi connectivity index (χ2n) is 11.8. The van der Waals surface area contributed by atoms with E-state index >= 15 is 0 Å². The Morgan fingerprint density at radius 2 is 2.00 bits per heavy atom. The van der Waals surface area contributed by atoms with Crippen LogP contribution in [0.2, 0.25) is 0 Å². The number of aliphatic hydroxyl groups is 1. The molecule has 4 saturated carbocycles. The van der Waals surface area contributed by atoms with Gasteiger partial charge in [0.15, 0.2) is 0 Å². The van der Waals surface area contributed by atoms with Crippen molar-refractivity contribution in [3.8, 4) is 6.07 Å². The van der Waals surface area contributed by atoms with Gasteiger partial charge in [-0.05, 0) is 106 Å². The summed E-state index contributed by atoms with van der Waals surface area (Å²) in [6.45, 7) is 5.27. The summed E-state index contributed by atoms with van der Waals surface area (Å²) in [4.78, 5) is 0. The average molecular weight is 441 g/mol. The van der Waals surface area contributed by atoms with Gasteiger partial charge in [0.25, 0.3) is 0 Å². The van der Waals surface area contributed by atoms with E-state index in [1.54, 1.807) is 13.3 Å². The molecule has 176 valence electrons. The molecule has 0 bridgehead atoms. The van der Waals surface area contributed by atoms with Crippen LogP contribution in [0, 0.1) is 52.3 Å². The van der Waals surface area contributed by atoms with E-state index < -0.39 is 5.60 Å². The number of fused-ring (bicyclic) bond motifs is 5. The van der Waals surface area contributed by atoms with Gasteiger partial charge in [-0.2, -0.15) is 10.4 Å². The number of nitrogens with two attached hydrogens (primary N) is 1. The van der Waals surface area contributed by atoms with E-state index in [-0.39, 0.29) is 6.04 Å². The second kappa shape index (κ2) is 8.02. The Morgan fingerprint density at radius 3 is 2.72 bits per heavy atom. The van der Waals surface area contributed by atoms with Gasteiger partial charge in [-0.15, -0.1) is 0 Å². The normalized spacial score (nSPS) is 44.2. The van der Waals surface area contributed by atoms with E-state index in [9.17, 15) is 10.4 Å². The van der Waals surface area contributed by atoms with Crippen LogP contribution in [0.3, 0.4) is 0 Å². The number of rotatable bonds is 4. The van der Waals surface area contributed by atoms with Crippen LogP contribution in [0.1, 0.15) is 83.2 Å². The van der Waals surface area contributed by atoms with Gasteiger partial charge in [-0.25, -0.2) is 4.68 Å². The highest BCUT2D eigenvalue weighted by molar-refractivity contribution is 5.47. The molecule has 0 aliphatic heterocycles. The van der Waals surface area contributed by atoms with Crippen molar-refractivity contribution >= 4 is 5.82 Å². The zero-order valence-electron chi connectivity index (χ0n) is 20.0. The van der Waals surface area contributed by atoms with Crippen molar-refractivity contribution in [2.75, 3.05) is 19.5 Å². The van der Waals surface area contributed by atoms with Gasteiger partial charge in [-0.1, -0.05) is 6.92 Å². The number of ether oxygens (including phenoxy) is 1. The van der Waals surface area contributed by atoms with E-state index in [0.29, 0.717) is 35.2 Å². The van der Waals surface area contributed by atoms with Crippen LogP contribution in [0.4, 0.5) is 5.82 Å². The van der Waals surface area contributed by atoms with Crippen molar-refractivity contribution in [1.29, 1.82) is 5.26 Å². The molecule has 4 aliphatic rings. The monoisotopic (exact) mass is 440 g/mol. The van der Waals surface area contributed by atoms with Crippen LogP contribution in [0.15, 0.2) is 6.20 Å². The lowest BCUT2D eigenvalue weighted by Gasteiger charge is -2.57. The first-order valence-corrected chi connectivity index (χ1v) is 12.8. The third kappa shape index (κ3) is 3.30. The van der Waals surface area contributed by atoms with Crippen molar-refractivity contribution < 1.29 is 9.84 Å². The molecule has 4 aliphatic carbocycles. The minimum absolute atomic E-state index is 0.221. The van der Waals surface area contributed by atoms with Gasteiger partial charge in [0.05, 0.1) is 24.4 Å². The number of methoxy groups -OCH3 is 1. The molecule has 1 heterocycles. The maximum Gasteiger partial charge on any atom is 0.140 e. The molecule has 6 nitrogen and oxygen atoms in total. The van der Waals surface area contributed by atoms with Crippen LogP contribution >= 0.6 is 0 Å². The average Bonchev–Trinajstić information content (AvgIpc) is 3.32. The predicted molar refractivity (Wildman–Crippen MR) is 123 cm³/mol. The number of anilines is 1. The summed E-state index contributed by atoms with van der Waals surface area (Å²) in [5, 5.41) is 24.8. The fraction of sp³-hybridized carbons (Fsp3) is 0.846. The van der Waals surface area contributed by atoms with E-state index in [0.717, 1.165) is 42.9 Å². The van der Waals surface area contributed by atoms with Crippen molar-refractivity contribution in [2.45, 2.75) is 83.3 Å². The zero-order chi connectivity index (χ0) is 22.7. The predicted octanol–water partition coefficient (Wildman–Crippen LogP) is 4.54. The molecular formula is C26H40N4O2. The fourth-order valence-electron chi connectivity index (χ4n) is 9.15. The minimum atomic E-state index is -0.605. The number of nitrogen functional groups attached to an aromatic ring is 1. The summed E-state index contributed by atoms with van der Waals surface area (Å²) >= 11 is 0. The molecule has 9 atom stereocenters. The maximum atomic E-state index is 11.0. The third-order valence-electron chi connectivity index (χ3n) is 10.5. The topological polar surface area (TPSA) is 97.1 Å². The van der Waals surface area contributed by atoms with Gasteiger partial charge in [0.1, 0.15) is 17.5 Å². The van der Waals surface area contributed by atoms with Crippen LogP contribution < -0.4 is 5.73 Å². The third-order valence-corrected chi connectivity index (χ3v) is 10.5. The quantitative estimate of drug-likeness (QED) is 0.716. The summed E-state index contributed by atoms with van der Waals surface area (Å²) < 4.78 is 7.26. The van der Waals surface area contributed by atoms with Gasteiger partial charge >= 0.3 is 0 Å². The summed E-state index contributed by atoms with van der Waals surface area (Å²) in [5.41, 5.74) is 6.47. The summed E-state index contributed by atoms with van der Waals surface area (Å²) in [7, 11) is 1.71. The summed E-state index contributed by atoms with van der Waals surface area (Å²) in [5.74, 6) is 4.95. The van der Waals surface area contributed by atoms with Crippen molar-refractivity contribution in [3.05, 3.63) is 11.8 Å². The molecule has 1 aromatic rings. The molecule has 0 spiro atoms. The molecule has 32 heavy (non-hydrogen) atoms. The number of hydrogen-bond acceptors (Lipinski definition) is 5. The van der Waals surface area contributed by atoms with Gasteiger partial charge < -0.3 is 15.6 Å². The van der Waals surface area contributed by atoms with E-state index in [4.69, 9.17) is 10.5 Å². The van der Waals surface area contributed by atoms with Crippen molar-refractivity contribution in [3.63, 3.8) is 0 Å². The lowest BCUT2D eigenvalue weighted by molar-refractivity contribution is -0.125. The maximum absolute atomic E-state index is 11.0. The van der Waals surface area contributed by atoms with E-state index in [1.807, 2.05) is 4.68 Å². The largest absolute Gasteiger partial charge is 0.387 e. The lowest BCUT2D eigenvalue weighted by atomic mass is 9.48. The fourth-order valence-corrected chi connectivity index (χ4v) is 9.15. The second-order valence-corrected chi connectivity index (χ2v) is 11.8. The SMILES string of the molecule is COC[C@@]1(O)CC[C@H]2[C@H](CC[C@@H]3[C@@H]2CC[C@]2(C)[C@@H](C(C)n4ncc(C#N)c4N)CC[C@@H]32)C1. The number of nitrogens with zero attached hydrogens (tertiary/aromatic N) is 3. The molecule has 6 heteroatoms. The van der Waals surface area contributed by atoms with Gasteiger partial charge in [0, 0.05) is 7.11 Å². The number of nitriles is 1. The molecule has 0 amide bonds. The minimum Gasteiger partial charge on any atom is -0.387 e. The Labute approximate surface area is 192 Å². The van der Waals surface area contributed by atoms with E-state index in [1.165, 1.54) is 38.5 Å². The standard InChI is InChI=1S/C26H40N4O2/c1-16(30-24(28)18(13-27)14-29-30)22-6-7-23-21-5-4-17-12-26(31,15-32-3)11-9-19(17)20(21)8-10-25(22,23)2/h14,16-17,19-23,31H,4-12,15,28H2,1-3H3/t16?,17-,19+,20-,21-,22-,23+,25-,26-/m1/s1. The first-order chi connectivity index (χ1) is 15.3. The Bertz CT molecular complexity index is 893. The molecular weight excluding hydrogens is 400 g/mol. The summed E-state index contributed by atoms with van der Waals surface area (Å²) in [6.07, 6.45) is 12.3. The van der Waals surface area contributed by atoms with Crippen LogP contribution in [0.25, 0.3) is 0 Å². The number of aromatic nitrogens is 2. The zero-order valence-corrected chi connectivity index (χ0v) is 20.0. The first-order valence-electron chi connectivity index (χ1n) is 12.8. The molecule has 0 radical (unpaired) electrons. The lowest BCUT2D eigenvalue weighted by Crippen LogP contribution is -2.52. The van der Waals surface area contributed by atoms with Gasteiger partial charge in [-0.3, -0.25) is 0 Å².